The van der Waals surface area contributed by atoms with Crippen molar-refractivity contribution in [3.63, 3.8) is 0 Å². The molecular formula is C11H8ClFN2O. The number of hydrogen-bond donors (Lipinski definition) is 0. The lowest BCUT2D eigenvalue weighted by Crippen LogP contribution is -1.90. The topological polar surface area (TPSA) is 35.0 Å². The summed E-state index contributed by atoms with van der Waals surface area (Å²) in [6.07, 6.45) is 1.39. The van der Waals surface area contributed by atoms with Gasteiger partial charge in [0.25, 0.3) is 0 Å². The second-order valence-electron chi connectivity index (χ2n) is 3.00. The number of hydrogen-bond acceptors (Lipinski definition) is 3. The Hall–Kier alpha value is -1.68. The summed E-state index contributed by atoms with van der Waals surface area (Å²) in [7, 11) is 0. The second kappa shape index (κ2) is 4.90. The van der Waals surface area contributed by atoms with Crippen molar-refractivity contribution < 1.29 is 9.13 Å². The van der Waals surface area contributed by atoms with Gasteiger partial charge in [-0.1, -0.05) is 11.6 Å². The van der Waals surface area contributed by atoms with E-state index in [4.69, 9.17) is 16.3 Å². The lowest BCUT2D eigenvalue weighted by Gasteiger charge is -2.03. The summed E-state index contributed by atoms with van der Waals surface area (Å²) in [5, 5.41) is 0.383. The average molecular weight is 239 g/mol. The number of ether oxygens (including phenoxy) is 1. The molecule has 0 aliphatic carbocycles. The van der Waals surface area contributed by atoms with E-state index >= 15 is 0 Å². The zero-order valence-electron chi connectivity index (χ0n) is 8.23. The molecule has 0 radical (unpaired) electrons. The van der Waals surface area contributed by atoms with Crippen molar-refractivity contribution in [3.05, 3.63) is 41.8 Å². The van der Waals surface area contributed by atoms with Crippen LogP contribution in [0.5, 0.6) is 5.75 Å². The van der Waals surface area contributed by atoms with Gasteiger partial charge in [0.05, 0.1) is 5.69 Å². The fourth-order valence-corrected chi connectivity index (χ4v) is 1.42. The SMILES string of the molecule is FCOc1ccc(-c2cc(Cl)ncn2)cc1. The Kier molecular flexibility index (Phi) is 3.31. The highest BCUT2D eigenvalue weighted by molar-refractivity contribution is 6.29. The van der Waals surface area contributed by atoms with Gasteiger partial charge >= 0.3 is 0 Å². The molecule has 0 bridgehead atoms. The van der Waals surface area contributed by atoms with Crippen molar-refractivity contribution in [3.8, 4) is 17.0 Å². The van der Waals surface area contributed by atoms with Gasteiger partial charge in [-0.15, -0.1) is 0 Å². The maximum atomic E-state index is 11.9. The zero-order valence-corrected chi connectivity index (χ0v) is 8.99. The van der Waals surface area contributed by atoms with Crippen LogP contribution in [0, 0.1) is 0 Å². The van der Waals surface area contributed by atoms with Crippen LogP contribution in [0.3, 0.4) is 0 Å². The van der Waals surface area contributed by atoms with Gasteiger partial charge in [0.1, 0.15) is 17.2 Å². The molecule has 1 aromatic carbocycles. The molecule has 82 valence electrons. The van der Waals surface area contributed by atoms with Gasteiger partial charge in [-0.25, -0.2) is 14.4 Å². The van der Waals surface area contributed by atoms with Crippen LogP contribution >= 0.6 is 11.6 Å². The number of alkyl halides is 1. The van der Waals surface area contributed by atoms with Gasteiger partial charge in [-0.2, -0.15) is 0 Å². The monoisotopic (exact) mass is 238 g/mol. The third kappa shape index (κ3) is 2.46. The predicted molar refractivity (Wildman–Crippen MR) is 59.1 cm³/mol. The molecule has 5 heteroatoms. The van der Waals surface area contributed by atoms with Crippen molar-refractivity contribution >= 4 is 11.6 Å². The molecule has 0 atom stereocenters. The number of nitrogens with zero attached hydrogens (tertiary/aromatic N) is 2. The molecule has 0 aliphatic rings. The highest BCUT2D eigenvalue weighted by Gasteiger charge is 2.01. The largest absolute Gasteiger partial charge is 0.463 e. The Morgan fingerprint density at radius 2 is 1.94 bits per heavy atom. The van der Waals surface area contributed by atoms with Gasteiger partial charge in [0, 0.05) is 11.6 Å². The Labute approximate surface area is 96.9 Å². The van der Waals surface area contributed by atoms with Crippen LogP contribution in [-0.2, 0) is 0 Å². The zero-order chi connectivity index (χ0) is 11.4. The number of rotatable bonds is 3. The van der Waals surface area contributed by atoms with Crippen molar-refractivity contribution in [2.45, 2.75) is 0 Å². The minimum atomic E-state index is -0.835. The van der Waals surface area contributed by atoms with Crippen molar-refractivity contribution in [1.29, 1.82) is 0 Å². The molecule has 1 aromatic heterocycles. The Morgan fingerprint density at radius 3 is 2.56 bits per heavy atom. The maximum Gasteiger partial charge on any atom is 0.228 e. The summed E-state index contributed by atoms with van der Waals surface area (Å²) in [5.41, 5.74) is 1.59. The molecule has 0 spiro atoms. The lowest BCUT2D eigenvalue weighted by molar-refractivity contribution is 0.192. The third-order valence-corrected chi connectivity index (χ3v) is 2.21. The van der Waals surface area contributed by atoms with Crippen LogP contribution in [0.25, 0.3) is 11.3 Å². The quantitative estimate of drug-likeness (QED) is 0.771. The lowest BCUT2D eigenvalue weighted by atomic mass is 10.1. The Balaban J connectivity index is 2.27. The number of aromatic nitrogens is 2. The smallest absolute Gasteiger partial charge is 0.228 e. The van der Waals surface area contributed by atoms with Gasteiger partial charge < -0.3 is 4.74 Å². The van der Waals surface area contributed by atoms with E-state index in [1.165, 1.54) is 6.33 Å². The first-order chi connectivity index (χ1) is 7.79. The van der Waals surface area contributed by atoms with E-state index < -0.39 is 6.86 Å². The first kappa shape index (κ1) is 10.8. The normalized spacial score (nSPS) is 10.1. The molecule has 0 unspecified atom stereocenters. The van der Waals surface area contributed by atoms with Crippen LogP contribution < -0.4 is 4.74 Å². The fourth-order valence-electron chi connectivity index (χ4n) is 1.28. The van der Waals surface area contributed by atoms with Crippen molar-refractivity contribution in [2.24, 2.45) is 0 Å². The second-order valence-corrected chi connectivity index (χ2v) is 3.39. The summed E-state index contributed by atoms with van der Waals surface area (Å²) in [6.45, 7) is -0.835. The van der Waals surface area contributed by atoms with Crippen molar-refractivity contribution in [2.75, 3.05) is 6.86 Å². The molecule has 2 rings (SSSR count). The highest BCUT2D eigenvalue weighted by Crippen LogP contribution is 2.21. The molecule has 0 amide bonds. The van der Waals surface area contributed by atoms with Crippen LogP contribution in [0.2, 0.25) is 5.15 Å². The van der Waals surface area contributed by atoms with E-state index in [1.54, 1.807) is 30.3 Å². The van der Waals surface area contributed by atoms with Gasteiger partial charge in [-0.05, 0) is 24.3 Å². The van der Waals surface area contributed by atoms with Crippen LogP contribution in [0.4, 0.5) is 4.39 Å². The molecule has 0 aliphatic heterocycles. The number of benzene rings is 1. The van der Waals surface area contributed by atoms with Crippen LogP contribution in [0.15, 0.2) is 36.7 Å². The molecule has 3 nitrogen and oxygen atoms in total. The fraction of sp³-hybridized carbons (Fsp3) is 0.0909. The molecule has 2 aromatic rings. The minimum Gasteiger partial charge on any atom is -0.463 e. The molecule has 0 saturated heterocycles. The molecule has 16 heavy (non-hydrogen) atoms. The van der Waals surface area contributed by atoms with Gasteiger partial charge in [0.15, 0.2) is 0 Å². The molecule has 0 fully saturated rings. The van der Waals surface area contributed by atoms with Crippen LogP contribution in [0.1, 0.15) is 0 Å². The molecule has 1 heterocycles. The van der Waals surface area contributed by atoms with Crippen LogP contribution in [-0.4, -0.2) is 16.8 Å². The average Bonchev–Trinajstić information content (AvgIpc) is 2.30. The summed E-state index contributed by atoms with van der Waals surface area (Å²) < 4.78 is 16.6. The van der Waals surface area contributed by atoms with E-state index in [9.17, 15) is 4.39 Å². The van der Waals surface area contributed by atoms with E-state index in [0.717, 1.165) is 5.56 Å². The van der Waals surface area contributed by atoms with Gasteiger partial charge in [-0.3, -0.25) is 0 Å². The predicted octanol–water partition coefficient (Wildman–Crippen LogP) is 3.10. The molecular weight excluding hydrogens is 231 g/mol. The highest BCUT2D eigenvalue weighted by atomic mass is 35.5. The Bertz CT molecular complexity index is 476. The van der Waals surface area contributed by atoms with E-state index in [-0.39, 0.29) is 0 Å². The first-order valence-corrected chi connectivity index (χ1v) is 4.94. The Morgan fingerprint density at radius 1 is 1.19 bits per heavy atom. The summed E-state index contributed by atoms with van der Waals surface area (Å²) in [6, 6.07) is 8.57. The van der Waals surface area contributed by atoms with E-state index in [1.807, 2.05) is 0 Å². The summed E-state index contributed by atoms with van der Waals surface area (Å²) in [5.74, 6) is 0.478. The summed E-state index contributed by atoms with van der Waals surface area (Å²) in [4.78, 5) is 7.87. The standard InChI is InChI=1S/C11H8ClFN2O/c12-11-5-10(14-7-15-11)8-1-3-9(4-2-8)16-6-13/h1-5,7H,6H2. The summed E-state index contributed by atoms with van der Waals surface area (Å²) >= 11 is 5.75. The maximum absolute atomic E-state index is 11.9. The third-order valence-electron chi connectivity index (χ3n) is 2.01. The van der Waals surface area contributed by atoms with Gasteiger partial charge in [0.2, 0.25) is 6.86 Å². The van der Waals surface area contributed by atoms with E-state index in [2.05, 4.69) is 9.97 Å². The van der Waals surface area contributed by atoms with E-state index in [0.29, 0.717) is 16.6 Å². The molecule has 0 N–H and O–H groups in total. The molecule has 0 saturated carbocycles. The minimum absolute atomic E-state index is 0.383. The number of halogens is 2. The first-order valence-electron chi connectivity index (χ1n) is 4.56. The van der Waals surface area contributed by atoms with Crippen molar-refractivity contribution in [1.82, 2.24) is 9.97 Å².